The Balaban J connectivity index is 1.97. The number of nitrogens with two attached hydrogens (primary N) is 1. The Morgan fingerprint density at radius 2 is 2.33 bits per heavy atom. The number of aromatic nitrogens is 2. The third kappa shape index (κ3) is 2.88. The molecule has 94 valence electrons. The number of nitrogens with one attached hydrogen (secondary N) is 1. The highest BCUT2D eigenvalue weighted by molar-refractivity contribution is 5.99. The van der Waals surface area contributed by atoms with Crippen LogP contribution in [0.4, 0.5) is 11.4 Å². The highest BCUT2D eigenvalue weighted by Crippen LogP contribution is 2.18. The second-order valence-electron chi connectivity index (χ2n) is 4.09. The third-order valence-electron chi connectivity index (χ3n) is 2.69. The lowest BCUT2D eigenvalue weighted by molar-refractivity contribution is 0.101. The lowest BCUT2D eigenvalue weighted by atomic mass is 10.1. The normalized spacial score (nSPS) is 10.3. The van der Waals surface area contributed by atoms with E-state index in [0.29, 0.717) is 11.3 Å². The van der Waals surface area contributed by atoms with Crippen LogP contribution in [0.15, 0.2) is 36.9 Å². The molecule has 0 saturated carbocycles. The van der Waals surface area contributed by atoms with Gasteiger partial charge in [0.25, 0.3) is 0 Å². The summed E-state index contributed by atoms with van der Waals surface area (Å²) in [6.45, 7) is 3.10. The predicted octanol–water partition coefficient (Wildman–Crippen LogP) is 1.78. The number of rotatable bonds is 5. The summed E-state index contributed by atoms with van der Waals surface area (Å²) in [4.78, 5) is 15.3. The third-order valence-corrected chi connectivity index (χ3v) is 2.69. The minimum atomic E-state index is -0.0224. The van der Waals surface area contributed by atoms with Crippen LogP contribution in [0.1, 0.15) is 17.3 Å². The zero-order valence-electron chi connectivity index (χ0n) is 10.3. The largest absolute Gasteiger partial charge is 0.398 e. The minimum Gasteiger partial charge on any atom is -0.398 e. The van der Waals surface area contributed by atoms with Crippen LogP contribution >= 0.6 is 0 Å². The van der Waals surface area contributed by atoms with Crippen LogP contribution in [0.25, 0.3) is 0 Å². The monoisotopic (exact) mass is 244 g/mol. The number of hydrogen-bond acceptors (Lipinski definition) is 4. The van der Waals surface area contributed by atoms with Crippen LogP contribution in [0.3, 0.4) is 0 Å². The van der Waals surface area contributed by atoms with Gasteiger partial charge in [-0.15, -0.1) is 0 Å². The number of carbonyl (C=O) groups is 1. The van der Waals surface area contributed by atoms with Crippen molar-refractivity contribution in [3.8, 4) is 0 Å². The minimum absolute atomic E-state index is 0.0224. The molecule has 1 aromatic carbocycles. The molecule has 2 rings (SSSR count). The Labute approximate surface area is 106 Å². The van der Waals surface area contributed by atoms with Crippen molar-refractivity contribution in [3.63, 3.8) is 0 Å². The average Bonchev–Trinajstić information content (AvgIpc) is 2.84. The molecule has 0 amide bonds. The predicted molar refractivity (Wildman–Crippen MR) is 71.6 cm³/mol. The fourth-order valence-electron chi connectivity index (χ4n) is 1.72. The first-order valence-electron chi connectivity index (χ1n) is 5.77. The fraction of sp³-hybridized carbons (Fsp3) is 0.231. The summed E-state index contributed by atoms with van der Waals surface area (Å²) in [5.74, 6) is -0.0224. The summed E-state index contributed by atoms with van der Waals surface area (Å²) < 4.78 is 1.98. The smallest absolute Gasteiger partial charge is 0.161 e. The van der Waals surface area contributed by atoms with Crippen LogP contribution in [0.2, 0.25) is 0 Å². The van der Waals surface area contributed by atoms with Crippen LogP contribution in [-0.2, 0) is 6.54 Å². The Morgan fingerprint density at radius 1 is 1.50 bits per heavy atom. The van der Waals surface area contributed by atoms with E-state index in [1.54, 1.807) is 24.7 Å². The van der Waals surface area contributed by atoms with E-state index in [1.807, 2.05) is 16.8 Å². The maximum Gasteiger partial charge on any atom is 0.161 e. The fourth-order valence-corrected chi connectivity index (χ4v) is 1.72. The quantitative estimate of drug-likeness (QED) is 0.621. The van der Waals surface area contributed by atoms with Crippen molar-refractivity contribution in [1.29, 1.82) is 0 Å². The summed E-state index contributed by atoms with van der Waals surface area (Å²) in [6, 6.07) is 5.40. The molecule has 2 aromatic rings. The Kier molecular flexibility index (Phi) is 3.62. The van der Waals surface area contributed by atoms with Gasteiger partial charge in [-0.05, 0) is 25.1 Å². The number of anilines is 2. The van der Waals surface area contributed by atoms with Gasteiger partial charge in [0.2, 0.25) is 0 Å². The van der Waals surface area contributed by atoms with Crippen molar-refractivity contribution in [1.82, 2.24) is 9.55 Å². The van der Waals surface area contributed by atoms with Crippen molar-refractivity contribution in [3.05, 3.63) is 42.5 Å². The summed E-state index contributed by atoms with van der Waals surface area (Å²) in [5, 5.41) is 3.25. The average molecular weight is 244 g/mol. The maximum atomic E-state index is 11.4. The van der Waals surface area contributed by atoms with Gasteiger partial charge in [-0.3, -0.25) is 4.79 Å². The molecule has 0 spiro atoms. The Bertz CT molecular complexity index is 534. The first-order chi connectivity index (χ1) is 8.66. The standard InChI is InChI=1S/C13H16N4O/c1-10(18)12-8-11(2-3-13(12)14)16-5-7-17-6-4-15-9-17/h2-4,6,8-9,16H,5,7,14H2,1H3. The molecule has 18 heavy (non-hydrogen) atoms. The SMILES string of the molecule is CC(=O)c1cc(NCCn2ccnc2)ccc1N. The van der Waals surface area contributed by atoms with Gasteiger partial charge in [0, 0.05) is 42.4 Å². The van der Waals surface area contributed by atoms with Gasteiger partial charge >= 0.3 is 0 Å². The molecule has 1 heterocycles. The van der Waals surface area contributed by atoms with E-state index in [9.17, 15) is 4.79 Å². The molecule has 0 aliphatic heterocycles. The highest BCUT2D eigenvalue weighted by Gasteiger charge is 2.05. The second kappa shape index (κ2) is 5.35. The van der Waals surface area contributed by atoms with E-state index < -0.39 is 0 Å². The molecular formula is C13H16N4O. The van der Waals surface area contributed by atoms with E-state index in [4.69, 9.17) is 5.73 Å². The van der Waals surface area contributed by atoms with Crippen molar-refractivity contribution in [2.75, 3.05) is 17.6 Å². The number of Topliss-reactive ketones (excluding diaryl/α,β-unsaturated/α-hetero) is 1. The molecule has 0 aliphatic rings. The van der Waals surface area contributed by atoms with Crippen molar-refractivity contribution in [2.24, 2.45) is 0 Å². The maximum absolute atomic E-state index is 11.4. The first kappa shape index (κ1) is 12.2. The molecule has 0 radical (unpaired) electrons. The Morgan fingerprint density at radius 3 is 3.00 bits per heavy atom. The molecular weight excluding hydrogens is 228 g/mol. The van der Waals surface area contributed by atoms with Gasteiger partial charge in [-0.2, -0.15) is 0 Å². The summed E-state index contributed by atoms with van der Waals surface area (Å²) in [7, 11) is 0. The number of ketones is 1. The van der Waals surface area contributed by atoms with Crippen molar-refractivity contribution in [2.45, 2.75) is 13.5 Å². The van der Waals surface area contributed by atoms with Gasteiger partial charge in [-0.25, -0.2) is 4.98 Å². The molecule has 5 heteroatoms. The van der Waals surface area contributed by atoms with Crippen molar-refractivity contribution >= 4 is 17.2 Å². The summed E-state index contributed by atoms with van der Waals surface area (Å²) in [6.07, 6.45) is 5.42. The first-order valence-corrected chi connectivity index (χ1v) is 5.77. The van der Waals surface area contributed by atoms with E-state index in [0.717, 1.165) is 18.8 Å². The molecule has 0 fully saturated rings. The number of benzene rings is 1. The molecule has 0 saturated heterocycles. The summed E-state index contributed by atoms with van der Waals surface area (Å²) >= 11 is 0. The number of nitrogen functional groups attached to an aromatic ring is 1. The molecule has 5 nitrogen and oxygen atoms in total. The number of hydrogen-bond donors (Lipinski definition) is 2. The van der Waals surface area contributed by atoms with Crippen LogP contribution < -0.4 is 11.1 Å². The van der Waals surface area contributed by atoms with E-state index >= 15 is 0 Å². The van der Waals surface area contributed by atoms with Crippen LogP contribution in [-0.4, -0.2) is 21.9 Å². The van der Waals surface area contributed by atoms with Gasteiger partial charge in [-0.1, -0.05) is 0 Å². The molecule has 0 aliphatic carbocycles. The summed E-state index contributed by atoms with van der Waals surface area (Å²) in [5.41, 5.74) is 7.71. The Hall–Kier alpha value is -2.30. The zero-order chi connectivity index (χ0) is 13.0. The van der Waals surface area contributed by atoms with E-state index in [-0.39, 0.29) is 5.78 Å². The van der Waals surface area contributed by atoms with Gasteiger partial charge in [0.05, 0.1) is 6.33 Å². The highest BCUT2D eigenvalue weighted by atomic mass is 16.1. The van der Waals surface area contributed by atoms with Gasteiger partial charge < -0.3 is 15.6 Å². The lowest BCUT2D eigenvalue weighted by Crippen LogP contribution is -2.10. The zero-order valence-corrected chi connectivity index (χ0v) is 10.3. The van der Waals surface area contributed by atoms with Crippen molar-refractivity contribution < 1.29 is 4.79 Å². The molecule has 0 unspecified atom stereocenters. The molecule has 0 atom stereocenters. The van der Waals surface area contributed by atoms with Gasteiger partial charge in [0.1, 0.15) is 0 Å². The van der Waals surface area contributed by atoms with E-state index in [2.05, 4.69) is 10.3 Å². The lowest BCUT2D eigenvalue weighted by Gasteiger charge is -2.09. The molecule has 0 bridgehead atoms. The number of imidazole rings is 1. The van der Waals surface area contributed by atoms with Gasteiger partial charge in [0.15, 0.2) is 5.78 Å². The molecule has 3 N–H and O–H groups in total. The number of nitrogens with zero attached hydrogens (tertiary/aromatic N) is 2. The molecule has 1 aromatic heterocycles. The van der Waals surface area contributed by atoms with Crippen LogP contribution in [0.5, 0.6) is 0 Å². The number of carbonyl (C=O) groups excluding carboxylic acids is 1. The van der Waals surface area contributed by atoms with Crippen LogP contribution in [0, 0.1) is 0 Å². The topological polar surface area (TPSA) is 72.9 Å². The van der Waals surface area contributed by atoms with E-state index in [1.165, 1.54) is 6.92 Å². The second-order valence-corrected chi connectivity index (χ2v) is 4.09.